The predicted octanol–water partition coefficient (Wildman–Crippen LogP) is 4.41. The zero-order valence-electron chi connectivity index (χ0n) is 17.3. The fraction of sp³-hybridized carbons (Fsp3) is 0.227. The van der Waals surface area contributed by atoms with Crippen LogP contribution in [0.15, 0.2) is 36.8 Å². The van der Waals surface area contributed by atoms with Gasteiger partial charge in [0.05, 0.1) is 28.4 Å². The third kappa shape index (κ3) is 6.84. The first-order valence-electron chi connectivity index (χ1n) is 9.75. The van der Waals surface area contributed by atoms with E-state index in [0.29, 0.717) is 10.7 Å². The van der Waals surface area contributed by atoms with Crippen molar-refractivity contribution in [2.24, 2.45) is 0 Å². The number of aliphatic hydroxyl groups is 1. The number of aryl methyl sites for hydroxylation is 1. The van der Waals surface area contributed by atoms with E-state index in [1.165, 1.54) is 24.7 Å². The Morgan fingerprint density at radius 1 is 1.18 bits per heavy atom. The number of anilines is 1. The Balaban J connectivity index is 1.61. The summed E-state index contributed by atoms with van der Waals surface area (Å²) in [5, 5.41) is 11.2. The van der Waals surface area contributed by atoms with Gasteiger partial charge in [-0.25, -0.2) is 15.0 Å². The molecule has 2 heterocycles. The number of amides is 1. The standard InChI is InChI=1S/C22H16ClF3N4O3S/c23-16-5-4-14(9-15(16)22(24,25)26)30-21(33)19-11-27-20(34-19)7-6-18(32)17-10-13(28-12-29-17)3-1-2-8-31/h4-5,9-12,31H,2,6-8H2,(H,30,33). The molecule has 176 valence electrons. The quantitative estimate of drug-likeness (QED) is 0.362. The van der Waals surface area contributed by atoms with E-state index in [1.807, 2.05) is 0 Å². The van der Waals surface area contributed by atoms with Crippen molar-refractivity contribution in [3.63, 3.8) is 0 Å². The molecule has 0 saturated carbocycles. The van der Waals surface area contributed by atoms with Crippen molar-refractivity contribution in [3.8, 4) is 11.8 Å². The Labute approximate surface area is 201 Å². The first-order chi connectivity index (χ1) is 16.2. The largest absolute Gasteiger partial charge is 0.417 e. The molecule has 12 heteroatoms. The molecule has 0 aliphatic rings. The van der Waals surface area contributed by atoms with Crippen LogP contribution in [0, 0.1) is 11.8 Å². The van der Waals surface area contributed by atoms with Crippen molar-refractivity contribution in [2.75, 3.05) is 11.9 Å². The second-order valence-electron chi connectivity index (χ2n) is 6.75. The van der Waals surface area contributed by atoms with Gasteiger partial charge in [-0.1, -0.05) is 17.5 Å². The van der Waals surface area contributed by atoms with Gasteiger partial charge >= 0.3 is 6.18 Å². The fourth-order valence-corrected chi connectivity index (χ4v) is 3.72. The van der Waals surface area contributed by atoms with E-state index in [-0.39, 0.29) is 47.9 Å². The number of nitrogens with one attached hydrogen (secondary N) is 1. The van der Waals surface area contributed by atoms with Gasteiger partial charge in [0.25, 0.3) is 5.91 Å². The predicted molar refractivity (Wildman–Crippen MR) is 120 cm³/mol. The molecule has 0 unspecified atom stereocenters. The molecule has 2 N–H and O–H groups in total. The molecule has 1 aromatic carbocycles. The number of ketones is 1. The Kier molecular flexibility index (Phi) is 8.33. The molecule has 0 spiro atoms. The number of nitrogens with zero attached hydrogens (tertiary/aromatic N) is 3. The maximum Gasteiger partial charge on any atom is 0.417 e. The van der Waals surface area contributed by atoms with Crippen LogP contribution >= 0.6 is 22.9 Å². The Hall–Kier alpha value is -3.33. The van der Waals surface area contributed by atoms with Gasteiger partial charge < -0.3 is 10.4 Å². The topological polar surface area (TPSA) is 105 Å². The summed E-state index contributed by atoms with van der Waals surface area (Å²) in [5.41, 5.74) is -0.576. The average Bonchev–Trinajstić information content (AvgIpc) is 3.28. The zero-order chi connectivity index (χ0) is 24.7. The normalized spacial score (nSPS) is 11.0. The van der Waals surface area contributed by atoms with Crippen LogP contribution in [-0.4, -0.2) is 38.4 Å². The first-order valence-corrected chi connectivity index (χ1v) is 10.9. The van der Waals surface area contributed by atoms with E-state index >= 15 is 0 Å². The number of Topliss-reactive ketones (excluding diaryl/α,β-unsaturated/α-hetero) is 1. The summed E-state index contributed by atoms with van der Waals surface area (Å²) >= 11 is 6.61. The van der Waals surface area contributed by atoms with Crippen LogP contribution in [-0.2, 0) is 12.6 Å². The van der Waals surface area contributed by atoms with Crippen LogP contribution < -0.4 is 5.32 Å². The van der Waals surface area contributed by atoms with E-state index < -0.39 is 22.7 Å². The molecule has 0 atom stereocenters. The van der Waals surface area contributed by atoms with Crippen molar-refractivity contribution >= 4 is 40.3 Å². The third-order valence-corrected chi connectivity index (χ3v) is 5.66. The second-order valence-corrected chi connectivity index (χ2v) is 8.27. The Morgan fingerprint density at radius 2 is 1.97 bits per heavy atom. The fourth-order valence-electron chi connectivity index (χ4n) is 2.68. The van der Waals surface area contributed by atoms with Gasteiger partial charge in [0, 0.05) is 31.0 Å². The summed E-state index contributed by atoms with van der Waals surface area (Å²) < 4.78 is 39.0. The molecule has 1 amide bonds. The van der Waals surface area contributed by atoms with Crippen molar-refractivity contribution in [2.45, 2.75) is 25.4 Å². The summed E-state index contributed by atoms with van der Waals surface area (Å²) in [6.07, 6.45) is -1.54. The Bertz CT molecular complexity index is 1270. The Morgan fingerprint density at radius 3 is 2.71 bits per heavy atom. The van der Waals surface area contributed by atoms with Crippen molar-refractivity contribution < 1.29 is 27.9 Å². The molecule has 0 radical (unpaired) electrons. The summed E-state index contributed by atoms with van der Waals surface area (Å²) in [4.78, 5) is 37.0. The maximum atomic E-state index is 13.0. The zero-order valence-corrected chi connectivity index (χ0v) is 18.9. The second kappa shape index (κ2) is 11.2. The van der Waals surface area contributed by atoms with E-state index in [4.69, 9.17) is 16.7 Å². The van der Waals surface area contributed by atoms with Crippen molar-refractivity contribution in [1.29, 1.82) is 0 Å². The maximum absolute atomic E-state index is 13.0. The molecule has 2 aromatic heterocycles. The van der Waals surface area contributed by atoms with Crippen LogP contribution in [0.4, 0.5) is 18.9 Å². The monoisotopic (exact) mass is 508 g/mol. The van der Waals surface area contributed by atoms with E-state index in [9.17, 15) is 22.8 Å². The summed E-state index contributed by atoms with van der Waals surface area (Å²) in [6, 6.07) is 4.53. The number of carbonyl (C=O) groups is 2. The minimum atomic E-state index is -4.65. The van der Waals surface area contributed by atoms with Crippen LogP contribution in [0.2, 0.25) is 5.02 Å². The molecule has 3 aromatic rings. The number of aromatic nitrogens is 3. The van der Waals surface area contributed by atoms with E-state index in [1.54, 1.807) is 0 Å². The SMILES string of the molecule is O=C(CCc1ncc(C(=O)Nc2ccc(Cl)c(C(F)(F)F)c2)s1)c1cc(C#CCCO)ncn1. The minimum Gasteiger partial charge on any atom is -0.395 e. The molecule has 0 bridgehead atoms. The van der Waals surface area contributed by atoms with Gasteiger partial charge in [-0.15, -0.1) is 11.3 Å². The summed E-state index contributed by atoms with van der Waals surface area (Å²) in [6.45, 7) is -0.0774. The number of thiazole rings is 1. The molecule has 0 saturated heterocycles. The molecule has 34 heavy (non-hydrogen) atoms. The molecule has 7 nitrogen and oxygen atoms in total. The van der Waals surface area contributed by atoms with Gasteiger partial charge in [-0.05, 0) is 24.1 Å². The lowest BCUT2D eigenvalue weighted by molar-refractivity contribution is -0.137. The van der Waals surface area contributed by atoms with Crippen LogP contribution in [0.5, 0.6) is 0 Å². The molecular formula is C22H16ClF3N4O3S. The number of rotatable bonds is 7. The molecular weight excluding hydrogens is 493 g/mol. The van der Waals surface area contributed by atoms with E-state index in [0.717, 1.165) is 23.5 Å². The third-order valence-electron chi connectivity index (χ3n) is 4.28. The van der Waals surface area contributed by atoms with Crippen LogP contribution in [0.1, 0.15) is 49.3 Å². The van der Waals surface area contributed by atoms with Gasteiger partial charge in [0.15, 0.2) is 5.78 Å². The number of carbonyl (C=O) groups excluding carboxylic acids is 2. The van der Waals surface area contributed by atoms with E-state index in [2.05, 4.69) is 32.1 Å². The highest BCUT2D eigenvalue weighted by atomic mass is 35.5. The summed E-state index contributed by atoms with van der Waals surface area (Å²) in [7, 11) is 0. The van der Waals surface area contributed by atoms with Gasteiger partial charge in [0.1, 0.15) is 22.6 Å². The highest BCUT2D eigenvalue weighted by Crippen LogP contribution is 2.36. The highest BCUT2D eigenvalue weighted by molar-refractivity contribution is 7.13. The number of hydrogen-bond acceptors (Lipinski definition) is 7. The number of aliphatic hydroxyl groups excluding tert-OH is 1. The van der Waals surface area contributed by atoms with Crippen LogP contribution in [0.25, 0.3) is 0 Å². The average molecular weight is 509 g/mol. The minimum absolute atomic E-state index is 0.0616. The van der Waals surface area contributed by atoms with Gasteiger partial charge in [0.2, 0.25) is 0 Å². The van der Waals surface area contributed by atoms with Gasteiger partial charge in [-0.2, -0.15) is 13.2 Å². The lowest BCUT2D eigenvalue weighted by Gasteiger charge is -2.11. The number of benzene rings is 1. The number of alkyl halides is 3. The molecule has 0 aliphatic heterocycles. The van der Waals surface area contributed by atoms with Crippen molar-refractivity contribution in [1.82, 2.24) is 15.0 Å². The van der Waals surface area contributed by atoms with Crippen LogP contribution in [0.3, 0.4) is 0 Å². The molecule has 0 fully saturated rings. The highest BCUT2D eigenvalue weighted by Gasteiger charge is 2.33. The smallest absolute Gasteiger partial charge is 0.395 e. The number of hydrogen-bond donors (Lipinski definition) is 2. The van der Waals surface area contributed by atoms with Gasteiger partial charge in [-0.3, -0.25) is 9.59 Å². The molecule has 0 aliphatic carbocycles. The van der Waals surface area contributed by atoms with Crippen molar-refractivity contribution in [3.05, 3.63) is 68.6 Å². The lowest BCUT2D eigenvalue weighted by atomic mass is 10.1. The summed E-state index contributed by atoms with van der Waals surface area (Å²) in [5.74, 6) is 4.54. The number of halogens is 4. The lowest BCUT2D eigenvalue weighted by Crippen LogP contribution is -2.12. The first kappa shape index (κ1) is 25.3. The molecule has 3 rings (SSSR count).